The molecule has 0 aromatic heterocycles. The lowest BCUT2D eigenvalue weighted by molar-refractivity contribution is -0.0215. The smallest absolute Gasteiger partial charge is 0.188 e. The molecule has 9 heavy (non-hydrogen) atoms. The van der Waals surface area contributed by atoms with Gasteiger partial charge in [-0.15, -0.1) is 0 Å². The molecule has 0 aromatic rings. The topological polar surface area (TPSA) is 18.5 Å². The van der Waals surface area contributed by atoms with E-state index in [2.05, 4.69) is 20.4 Å². The molecular formula is C7H14O2. The molecule has 0 unspecified atom stereocenters. The zero-order valence-electron chi connectivity index (χ0n) is 6.09. The average Bonchev–Trinajstić information content (AvgIpc) is 1.80. The third kappa shape index (κ3) is 7.50. The lowest BCUT2D eigenvalue weighted by atomic mass is 10.2. The van der Waals surface area contributed by atoms with Gasteiger partial charge in [-0.3, -0.25) is 0 Å². The van der Waals surface area contributed by atoms with Crippen LogP contribution in [0.1, 0.15) is 13.8 Å². The number of rotatable bonds is 5. The average molecular weight is 130 g/mol. The predicted molar refractivity (Wildman–Crippen MR) is 36.9 cm³/mol. The molecule has 0 saturated carbocycles. The van der Waals surface area contributed by atoms with Crippen LogP contribution in [0.15, 0.2) is 12.8 Å². The van der Waals surface area contributed by atoms with Crippen LogP contribution in [0.2, 0.25) is 0 Å². The van der Waals surface area contributed by atoms with E-state index in [-0.39, 0.29) is 0 Å². The van der Waals surface area contributed by atoms with Gasteiger partial charge in [0.15, 0.2) is 6.79 Å². The van der Waals surface area contributed by atoms with Gasteiger partial charge >= 0.3 is 0 Å². The van der Waals surface area contributed by atoms with Crippen molar-refractivity contribution in [2.45, 2.75) is 13.8 Å². The van der Waals surface area contributed by atoms with E-state index in [4.69, 9.17) is 9.47 Å². The number of hydrogen-bond donors (Lipinski definition) is 0. The Morgan fingerprint density at radius 1 is 1.56 bits per heavy atom. The van der Waals surface area contributed by atoms with Crippen LogP contribution in [0, 0.1) is 5.92 Å². The first kappa shape index (κ1) is 8.50. The molecule has 2 heteroatoms. The van der Waals surface area contributed by atoms with E-state index < -0.39 is 0 Å². The van der Waals surface area contributed by atoms with Crippen molar-refractivity contribution < 1.29 is 9.47 Å². The molecule has 0 rings (SSSR count). The summed E-state index contributed by atoms with van der Waals surface area (Å²) >= 11 is 0. The molecule has 0 fully saturated rings. The summed E-state index contributed by atoms with van der Waals surface area (Å²) in [6, 6.07) is 0. The maximum atomic E-state index is 5.04. The minimum Gasteiger partial charge on any atom is -0.476 e. The van der Waals surface area contributed by atoms with E-state index in [0.717, 1.165) is 6.61 Å². The molecule has 0 saturated heterocycles. The second-order valence-electron chi connectivity index (χ2n) is 2.22. The van der Waals surface area contributed by atoms with E-state index >= 15 is 0 Å². The minimum atomic E-state index is 0.321. The molecule has 0 atom stereocenters. The highest BCUT2D eigenvalue weighted by Gasteiger charge is 1.90. The fraction of sp³-hybridized carbons (Fsp3) is 0.714. The second-order valence-corrected chi connectivity index (χ2v) is 2.22. The maximum Gasteiger partial charge on any atom is 0.188 e. The SMILES string of the molecule is C=COCOCC(C)C. The van der Waals surface area contributed by atoms with Crippen LogP contribution >= 0.6 is 0 Å². The standard InChI is InChI=1S/C7H14O2/c1-4-8-6-9-5-7(2)3/h4,7H,1,5-6H2,2-3H3. The van der Waals surface area contributed by atoms with Crippen LogP contribution in [-0.2, 0) is 9.47 Å². The van der Waals surface area contributed by atoms with Crippen molar-refractivity contribution in [3.63, 3.8) is 0 Å². The van der Waals surface area contributed by atoms with Crippen molar-refractivity contribution in [3.05, 3.63) is 12.8 Å². The Bertz CT molecular complexity index is 69.3. The van der Waals surface area contributed by atoms with E-state index in [0.29, 0.717) is 12.7 Å². The van der Waals surface area contributed by atoms with Gasteiger partial charge in [-0.1, -0.05) is 20.4 Å². The molecule has 0 bridgehead atoms. The zero-order chi connectivity index (χ0) is 7.11. The summed E-state index contributed by atoms with van der Waals surface area (Å²) < 4.78 is 9.77. The van der Waals surface area contributed by atoms with Gasteiger partial charge in [-0.05, 0) is 5.92 Å². The Kier molecular flexibility index (Phi) is 5.32. The van der Waals surface area contributed by atoms with Gasteiger partial charge in [0.1, 0.15) is 0 Å². The van der Waals surface area contributed by atoms with Gasteiger partial charge < -0.3 is 9.47 Å². The second kappa shape index (κ2) is 5.63. The fourth-order valence-electron chi connectivity index (χ4n) is 0.380. The minimum absolute atomic E-state index is 0.321. The molecule has 54 valence electrons. The fourth-order valence-corrected chi connectivity index (χ4v) is 0.380. The van der Waals surface area contributed by atoms with Crippen LogP contribution in [0.25, 0.3) is 0 Å². The van der Waals surface area contributed by atoms with E-state index in [1.54, 1.807) is 0 Å². The molecular weight excluding hydrogens is 116 g/mol. The van der Waals surface area contributed by atoms with Crippen LogP contribution in [0.5, 0.6) is 0 Å². The summed E-state index contributed by atoms with van der Waals surface area (Å²) in [5.41, 5.74) is 0. The Morgan fingerprint density at radius 3 is 2.67 bits per heavy atom. The summed E-state index contributed by atoms with van der Waals surface area (Å²) in [6.45, 7) is 8.62. The Morgan fingerprint density at radius 2 is 2.22 bits per heavy atom. The van der Waals surface area contributed by atoms with Crippen LogP contribution < -0.4 is 0 Å². The summed E-state index contributed by atoms with van der Waals surface area (Å²) in [5.74, 6) is 0.568. The van der Waals surface area contributed by atoms with Crippen LogP contribution in [0.4, 0.5) is 0 Å². The molecule has 0 heterocycles. The molecule has 0 aliphatic heterocycles. The molecule has 2 nitrogen and oxygen atoms in total. The van der Waals surface area contributed by atoms with Crippen molar-refractivity contribution in [2.24, 2.45) is 5.92 Å². The quantitative estimate of drug-likeness (QED) is 0.321. The largest absolute Gasteiger partial charge is 0.476 e. The predicted octanol–water partition coefficient (Wildman–Crippen LogP) is 1.78. The highest BCUT2D eigenvalue weighted by molar-refractivity contribution is 4.45. The van der Waals surface area contributed by atoms with Crippen molar-refractivity contribution in [3.8, 4) is 0 Å². The van der Waals surface area contributed by atoms with Gasteiger partial charge in [0.05, 0.1) is 12.9 Å². The highest BCUT2D eigenvalue weighted by atomic mass is 16.7. The van der Waals surface area contributed by atoms with Gasteiger partial charge in [0, 0.05) is 0 Å². The molecule has 0 amide bonds. The zero-order valence-corrected chi connectivity index (χ0v) is 6.09. The normalized spacial score (nSPS) is 9.67. The van der Waals surface area contributed by atoms with Gasteiger partial charge in [-0.25, -0.2) is 0 Å². The first-order valence-corrected chi connectivity index (χ1v) is 3.07. The Labute approximate surface area is 56.5 Å². The molecule has 0 N–H and O–H groups in total. The number of hydrogen-bond acceptors (Lipinski definition) is 2. The molecule has 0 aliphatic carbocycles. The maximum absolute atomic E-state index is 5.04. The van der Waals surface area contributed by atoms with Gasteiger partial charge in [0.2, 0.25) is 0 Å². The summed E-state index contributed by atoms with van der Waals surface area (Å²) in [5, 5.41) is 0. The van der Waals surface area contributed by atoms with Crippen LogP contribution in [0.3, 0.4) is 0 Å². The molecule has 0 spiro atoms. The lowest BCUT2D eigenvalue weighted by Gasteiger charge is -2.04. The first-order chi connectivity index (χ1) is 4.27. The monoisotopic (exact) mass is 130 g/mol. The lowest BCUT2D eigenvalue weighted by Crippen LogP contribution is -2.03. The number of ether oxygens (including phenoxy) is 2. The van der Waals surface area contributed by atoms with Crippen molar-refractivity contribution in [1.29, 1.82) is 0 Å². The van der Waals surface area contributed by atoms with Gasteiger partial charge in [0.25, 0.3) is 0 Å². The molecule has 0 aliphatic rings. The van der Waals surface area contributed by atoms with Crippen molar-refractivity contribution >= 4 is 0 Å². The highest BCUT2D eigenvalue weighted by Crippen LogP contribution is 1.91. The first-order valence-electron chi connectivity index (χ1n) is 3.07. The third-order valence-electron chi connectivity index (χ3n) is 0.720. The van der Waals surface area contributed by atoms with Crippen molar-refractivity contribution in [1.82, 2.24) is 0 Å². The van der Waals surface area contributed by atoms with E-state index in [1.165, 1.54) is 6.26 Å². The van der Waals surface area contributed by atoms with Gasteiger partial charge in [-0.2, -0.15) is 0 Å². The summed E-state index contributed by atoms with van der Waals surface area (Å²) in [4.78, 5) is 0. The van der Waals surface area contributed by atoms with Crippen molar-refractivity contribution in [2.75, 3.05) is 13.4 Å². The third-order valence-corrected chi connectivity index (χ3v) is 0.720. The molecule has 0 aromatic carbocycles. The summed E-state index contributed by atoms with van der Waals surface area (Å²) in [7, 11) is 0. The van der Waals surface area contributed by atoms with E-state index in [1.807, 2.05) is 0 Å². The summed E-state index contributed by atoms with van der Waals surface area (Å²) in [6.07, 6.45) is 1.38. The van der Waals surface area contributed by atoms with Crippen LogP contribution in [-0.4, -0.2) is 13.4 Å². The molecule has 0 radical (unpaired) electrons. The Hall–Kier alpha value is -0.500. The van der Waals surface area contributed by atoms with E-state index in [9.17, 15) is 0 Å². The Balaban J connectivity index is 2.82.